The molecule has 0 amide bonds. The van der Waals surface area contributed by atoms with Gasteiger partial charge in [-0.25, -0.2) is 0 Å². The fourth-order valence-electron chi connectivity index (χ4n) is 2.50. The number of cyclic esters (lactones) is 1. The lowest BCUT2D eigenvalue weighted by molar-refractivity contribution is -0.158. The van der Waals surface area contributed by atoms with Crippen molar-refractivity contribution in [2.24, 2.45) is 5.92 Å². The summed E-state index contributed by atoms with van der Waals surface area (Å²) in [6.07, 6.45) is 4.90. The van der Waals surface area contributed by atoms with Crippen LogP contribution >= 0.6 is 0 Å². The van der Waals surface area contributed by atoms with Gasteiger partial charge in [0.2, 0.25) is 0 Å². The molecule has 0 aliphatic carbocycles. The lowest BCUT2D eigenvalue weighted by Gasteiger charge is -2.20. The number of carbonyl (C=O) groups excluding carboxylic acids is 2. The molecule has 0 bridgehead atoms. The van der Waals surface area contributed by atoms with Crippen molar-refractivity contribution in [2.75, 3.05) is 13.2 Å². The second-order valence-electron chi connectivity index (χ2n) is 5.46. The minimum atomic E-state index is -0.633. The van der Waals surface area contributed by atoms with Crippen molar-refractivity contribution >= 4 is 11.8 Å². The number of hydrogen-bond acceptors (Lipinski definition) is 5. The molecule has 1 unspecified atom stereocenters. The second-order valence-corrected chi connectivity index (χ2v) is 5.46. The van der Waals surface area contributed by atoms with Crippen molar-refractivity contribution in [3.8, 4) is 5.75 Å². The van der Waals surface area contributed by atoms with Gasteiger partial charge in [-0.05, 0) is 37.3 Å². The zero-order valence-corrected chi connectivity index (χ0v) is 13.3. The number of esters is 1. The Labute approximate surface area is 131 Å². The van der Waals surface area contributed by atoms with Crippen LogP contribution in [-0.4, -0.2) is 30.0 Å². The number of rotatable bonds is 7. The zero-order chi connectivity index (χ0) is 15.9. The Kier molecular flexibility index (Phi) is 5.92. The summed E-state index contributed by atoms with van der Waals surface area (Å²) in [6.45, 7) is 4.93. The summed E-state index contributed by atoms with van der Waals surface area (Å²) in [4.78, 5) is 27.9. The summed E-state index contributed by atoms with van der Waals surface area (Å²) < 4.78 is 10.7. The molecule has 1 fully saturated rings. The predicted octanol–water partition coefficient (Wildman–Crippen LogP) is 2.50. The second kappa shape index (κ2) is 7.92. The molecule has 1 aliphatic heterocycles. The molecular weight excluding hydrogens is 282 g/mol. The van der Waals surface area contributed by atoms with Gasteiger partial charge in [-0.1, -0.05) is 13.8 Å². The van der Waals surface area contributed by atoms with Gasteiger partial charge < -0.3 is 9.47 Å². The highest BCUT2D eigenvalue weighted by Crippen LogP contribution is 2.24. The molecule has 1 saturated heterocycles. The summed E-state index contributed by atoms with van der Waals surface area (Å²) in [5, 5.41) is 0. The van der Waals surface area contributed by atoms with Crippen molar-refractivity contribution in [1.29, 1.82) is 0 Å². The molecule has 22 heavy (non-hydrogen) atoms. The van der Waals surface area contributed by atoms with Crippen molar-refractivity contribution in [2.45, 2.75) is 46.0 Å². The summed E-state index contributed by atoms with van der Waals surface area (Å²) in [5.41, 5.74) is 1.99. The van der Waals surface area contributed by atoms with E-state index in [0.29, 0.717) is 25.9 Å². The first-order valence-electron chi connectivity index (χ1n) is 7.95. The van der Waals surface area contributed by atoms with E-state index in [9.17, 15) is 9.59 Å². The third-order valence-corrected chi connectivity index (χ3v) is 3.80. The van der Waals surface area contributed by atoms with Crippen LogP contribution in [0.2, 0.25) is 0 Å². The SMILES string of the molecule is CCCOc1cnc(CC)cc1CCC1C(=O)CCOC1=O. The van der Waals surface area contributed by atoms with Crippen LogP contribution < -0.4 is 4.74 Å². The van der Waals surface area contributed by atoms with E-state index in [1.807, 2.05) is 19.9 Å². The van der Waals surface area contributed by atoms with Crippen LogP contribution in [0.1, 0.15) is 44.4 Å². The van der Waals surface area contributed by atoms with Crippen molar-refractivity contribution < 1.29 is 19.1 Å². The van der Waals surface area contributed by atoms with Crippen LogP contribution in [0.25, 0.3) is 0 Å². The molecular formula is C17H23NO4. The van der Waals surface area contributed by atoms with Gasteiger partial charge in [0.15, 0.2) is 5.78 Å². The maximum atomic E-state index is 11.9. The van der Waals surface area contributed by atoms with Gasteiger partial charge in [0.05, 0.1) is 19.4 Å². The first-order chi connectivity index (χ1) is 10.7. The standard InChI is InChI=1S/C17H23NO4/c1-3-8-21-16-11-18-13(4-2)10-12(16)5-6-14-15(19)7-9-22-17(14)20/h10-11,14H,3-9H2,1-2H3. The fraction of sp³-hybridized carbons (Fsp3) is 0.588. The molecule has 0 aromatic carbocycles. The summed E-state index contributed by atoms with van der Waals surface area (Å²) >= 11 is 0. The Morgan fingerprint density at radius 1 is 1.36 bits per heavy atom. The molecule has 5 nitrogen and oxygen atoms in total. The maximum absolute atomic E-state index is 11.9. The largest absolute Gasteiger partial charge is 0.492 e. The number of nitrogens with zero attached hydrogens (tertiary/aromatic N) is 1. The molecule has 0 spiro atoms. The molecule has 1 aromatic heterocycles. The summed E-state index contributed by atoms with van der Waals surface area (Å²) in [6, 6.07) is 2.00. The molecule has 0 radical (unpaired) electrons. The Balaban J connectivity index is 2.09. The number of aromatic nitrogens is 1. The first kappa shape index (κ1) is 16.5. The zero-order valence-electron chi connectivity index (χ0n) is 13.3. The van der Waals surface area contributed by atoms with Crippen LogP contribution in [0.15, 0.2) is 12.3 Å². The first-order valence-corrected chi connectivity index (χ1v) is 7.95. The van der Waals surface area contributed by atoms with Gasteiger partial charge in [-0.3, -0.25) is 14.6 Å². The third kappa shape index (κ3) is 4.06. The van der Waals surface area contributed by atoms with Crippen LogP contribution in [0, 0.1) is 5.92 Å². The predicted molar refractivity (Wildman–Crippen MR) is 81.8 cm³/mol. The van der Waals surface area contributed by atoms with E-state index in [0.717, 1.165) is 29.8 Å². The Morgan fingerprint density at radius 3 is 2.86 bits per heavy atom. The lowest BCUT2D eigenvalue weighted by atomic mass is 9.92. The van der Waals surface area contributed by atoms with E-state index in [2.05, 4.69) is 4.98 Å². The maximum Gasteiger partial charge on any atom is 0.316 e. The summed E-state index contributed by atoms with van der Waals surface area (Å²) in [5.74, 6) is -0.296. The number of ketones is 1. The minimum Gasteiger partial charge on any atom is -0.492 e. The number of Topliss-reactive ketones (excluding diaryl/α,β-unsaturated/α-hetero) is 1. The van der Waals surface area contributed by atoms with Gasteiger partial charge in [-0.2, -0.15) is 0 Å². The Hall–Kier alpha value is -1.91. The topological polar surface area (TPSA) is 65.5 Å². The highest BCUT2D eigenvalue weighted by atomic mass is 16.5. The highest BCUT2D eigenvalue weighted by Gasteiger charge is 2.31. The van der Waals surface area contributed by atoms with Crippen molar-refractivity contribution in [1.82, 2.24) is 4.98 Å². The molecule has 0 saturated carbocycles. The number of hydrogen-bond donors (Lipinski definition) is 0. The average Bonchev–Trinajstić information content (AvgIpc) is 2.53. The van der Waals surface area contributed by atoms with Crippen LogP contribution in [-0.2, 0) is 27.2 Å². The van der Waals surface area contributed by atoms with Crippen LogP contribution in [0.4, 0.5) is 0 Å². The lowest BCUT2D eigenvalue weighted by Crippen LogP contribution is -2.33. The highest BCUT2D eigenvalue weighted by molar-refractivity contribution is 6.00. The Morgan fingerprint density at radius 2 is 2.18 bits per heavy atom. The average molecular weight is 305 g/mol. The number of aryl methyl sites for hydroxylation is 2. The minimum absolute atomic E-state index is 0.0166. The molecule has 2 rings (SSSR count). The van der Waals surface area contributed by atoms with Gasteiger partial charge >= 0.3 is 5.97 Å². The molecule has 2 heterocycles. The number of pyridine rings is 1. The third-order valence-electron chi connectivity index (χ3n) is 3.80. The van der Waals surface area contributed by atoms with Crippen LogP contribution in [0.5, 0.6) is 5.75 Å². The monoisotopic (exact) mass is 305 g/mol. The quantitative estimate of drug-likeness (QED) is 0.572. The number of ether oxygens (including phenoxy) is 2. The Bertz CT molecular complexity index is 525. The van der Waals surface area contributed by atoms with Gasteiger partial charge in [0, 0.05) is 12.1 Å². The smallest absolute Gasteiger partial charge is 0.316 e. The van der Waals surface area contributed by atoms with E-state index in [4.69, 9.17) is 9.47 Å². The van der Waals surface area contributed by atoms with Gasteiger partial charge in [-0.15, -0.1) is 0 Å². The van der Waals surface area contributed by atoms with E-state index in [1.54, 1.807) is 6.20 Å². The molecule has 0 N–H and O–H groups in total. The molecule has 120 valence electrons. The molecule has 5 heteroatoms. The van der Waals surface area contributed by atoms with Gasteiger partial charge in [0.25, 0.3) is 0 Å². The van der Waals surface area contributed by atoms with E-state index < -0.39 is 11.9 Å². The molecule has 1 aromatic rings. The molecule has 1 aliphatic rings. The van der Waals surface area contributed by atoms with Gasteiger partial charge in [0.1, 0.15) is 11.7 Å². The number of carbonyl (C=O) groups is 2. The normalized spacial score (nSPS) is 18.2. The van der Waals surface area contributed by atoms with E-state index in [-0.39, 0.29) is 12.4 Å². The van der Waals surface area contributed by atoms with E-state index >= 15 is 0 Å². The summed E-state index contributed by atoms with van der Waals surface area (Å²) in [7, 11) is 0. The van der Waals surface area contributed by atoms with Crippen molar-refractivity contribution in [3.63, 3.8) is 0 Å². The molecule has 1 atom stereocenters. The van der Waals surface area contributed by atoms with Crippen molar-refractivity contribution in [3.05, 3.63) is 23.5 Å². The van der Waals surface area contributed by atoms with E-state index in [1.165, 1.54) is 0 Å². The fourth-order valence-corrected chi connectivity index (χ4v) is 2.50. The van der Waals surface area contributed by atoms with Crippen LogP contribution in [0.3, 0.4) is 0 Å².